The number of hydrogen-bond donors (Lipinski definition) is 2. The average molecular weight is 381 g/mol. The van der Waals surface area contributed by atoms with Crippen molar-refractivity contribution in [2.75, 3.05) is 25.0 Å². The second-order valence-electron chi connectivity index (χ2n) is 5.71. The van der Waals surface area contributed by atoms with Crippen molar-refractivity contribution >= 4 is 11.7 Å². The van der Waals surface area contributed by atoms with Gasteiger partial charge in [-0.3, -0.25) is 4.79 Å². The molecule has 0 radical (unpaired) electrons. The fourth-order valence-corrected chi connectivity index (χ4v) is 2.50. The molecule has 0 aliphatic heterocycles. The van der Waals surface area contributed by atoms with Crippen molar-refractivity contribution in [1.82, 2.24) is 10.3 Å². The predicted octanol–water partition coefficient (Wildman–Crippen LogP) is 3.66. The summed E-state index contributed by atoms with van der Waals surface area (Å²) >= 11 is 0. The summed E-state index contributed by atoms with van der Waals surface area (Å²) in [6.07, 6.45) is -2.41. The Labute approximate surface area is 155 Å². The number of alkyl halides is 3. The minimum atomic E-state index is -4.48. The smallest absolute Gasteiger partial charge is 0.419 e. The fourth-order valence-electron chi connectivity index (χ4n) is 2.50. The van der Waals surface area contributed by atoms with Gasteiger partial charge >= 0.3 is 6.18 Å². The second-order valence-corrected chi connectivity index (χ2v) is 5.71. The molecule has 0 aliphatic rings. The molecule has 0 atom stereocenters. The molecule has 1 heterocycles. The van der Waals surface area contributed by atoms with Crippen LogP contribution in [0.2, 0.25) is 0 Å². The third-order valence-corrected chi connectivity index (χ3v) is 3.75. The summed E-state index contributed by atoms with van der Waals surface area (Å²) in [4.78, 5) is 15.7. The lowest BCUT2D eigenvalue weighted by Crippen LogP contribution is -2.29. The Hall–Kier alpha value is -2.77. The Bertz CT molecular complexity index is 751. The van der Waals surface area contributed by atoms with Crippen LogP contribution in [-0.2, 0) is 17.4 Å². The number of nitrogens with one attached hydrogen (secondary N) is 2. The van der Waals surface area contributed by atoms with Crippen LogP contribution in [0.25, 0.3) is 0 Å². The number of benzene rings is 1. The van der Waals surface area contributed by atoms with Crippen LogP contribution in [0.15, 0.2) is 42.6 Å². The highest BCUT2D eigenvalue weighted by Gasteiger charge is 2.33. The number of amides is 1. The largest absolute Gasteiger partial charge is 0.494 e. The monoisotopic (exact) mass is 381 g/mol. The van der Waals surface area contributed by atoms with E-state index >= 15 is 0 Å². The van der Waals surface area contributed by atoms with E-state index in [0.717, 1.165) is 17.4 Å². The first-order chi connectivity index (χ1) is 12.9. The van der Waals surface area contributed by atoms with Gasteiger partial charge in [-0.25, -0.2) is 4.98 Å². The summed E-state index contributed by atoms with van der Waals surface area (Å²) in [5.74, 6) is 0.328. The second kappa shape index (κ2) is 9.80. The van der Waals surface area contributed by atoms with Crippen LogP contribution in [-0.4, -0.2) is 30.6 Å². The van der Waals surface area contributed by atoms with Gasteiger partial charge in [-0.1, -0.05) is 18.2 Å². The van der Waals surface area contributed by atoms with E-state index in [0.29, 0.717) is 13.0 Å². The van der Waals surface area contributed by atoms with Gasteiger partial charge in [0, 0.05) is 25.7 Å². The number of para-hydroxylation sites is 1. The van der Waals surface area contributed by atoms with Gasteiger partial charge in [-0.15, -0.1) is 0 Å². The first kappa shape index (κ1) is 20.5. The third kappa shape index (κ3) is 6.47. The summed E-state index contributed by atoms with van der Waals surface area (Å²) in [7, 11) is 0. The summed E-state index contributed by atoms with van der Waals surface area (Å²) < 4.78 is 44.1. The van der Waals surface area contributed by atoms with Gasteiger partial charge in [0.15, 0.2) is 0 Å². The SMILES string of the molecule is CCOc1ccccc1CCC(=O)NCCNc1ncccc1C(F)(F)F. The molecule has 0 unspecified atom stereocenters. The number of pyridine rings is 1. The highest BCUT2D eigenvalue weighted by Crippen LogP contribution is 2.33. The molecule has 0 aliphatic carbocycles. The molecule has 2 aromatic rings. The van der Waals surface area contributed by atoms with E-state index in [1.54, 1.807) is 0 Å². The van der Waals surface area contributed by atoms with Gasteiger partial charge in [0.1, 0.15) is 11.6 Å². The van der Waals surface area contributed by atoms with Gasteiger partial charge in [0.05, 0.1) is 12.2 Å². The van der Waals surface area contributed by atoms with Crippen molar-refractivity contribution in [3.05, 3.63) is 53.7 Å². The molecule has 2 rings (SSSR count). The van der Waals surface area contributed by atoms with Crippen molar-refractivity contribution in [1.29, 1.82) is 0 Å². The van der Waals surface area contributed by atoms with Crippen LogP contribution < -0.4 is 15.4 Å². The number of aromatic nitrogens is 1. The van der Waals surface area contributed by atoms with Crippen LogP contribution in [0, 0.1) is 0 Å². The molecule has 2 N–H and O–H groups in total. The first-order valence-electron chi connectivity index (χ1n) is 8.65. The van der Waals surface area contributed by atoms with Crippen LogP contribution in [0.1, 0.15) is 24.5 Å². The van der Waals surface area contributed by atoms with Gasteiger partial charge < -0.3 is 15.4 Å². The number of halogens is 3. The summed E-state index contributed by atoms with van der Waals surface area (Å²) in [5, 5.41) is 5.29. The zero-order valence-corrected chi connectivity index (χ0v) is 15.0. The molecular weight excluding hydrogens is 359 g/mol. The van der Waals surface area contributed by atoms with Crippen molar-refractivity contribution in [2.45, 2.75) is 25.9 Å². The molecule has 0 spiro atoms. The topological polar surface area (TPSA) is 63.2 Å². The van der Waals surface area contributed by atoms with E-state index < -0.39 is 11.7 Å². The summed E-state index contributed by atoms with van der Waals surface area (Å²) in [6.45, 7) is 2.77. The fraction of sp³-hybridized carbons (Fsp3) is 0.368. The van der Waals surface area contributed by atoms with Crippen LogP contribution in [0.5, 0.6) is 5.75 Å². The maximum Gasteiger partial charge on any atom is 0.419 e. The number of anilines is 1. The van der Waals surface area contributed by atoms with E-state index in [1.807, 2.05) is 31.2 Å². The number of ether oxygens (including phenoxy) is 1. The molecule has 8 heteroatoms. The van der Waals surface area contributed by atoms with Crippen molar-refractivity contribution in [3.63, 3.8) is 0 Å². The van der Waals surface area contributed by atoms with Crippen LogP contribution in [0.3, 0.4) is 0 Å². The van der Waals surface area contributed by atoms with E-state index in [1.165, 1.54) is 12.3 Å². The molecule has 27 heavy (non-hydrogen) atoms. The highest BCUT2D eigenvalue weighted by atomic mass is 19.4. The number of rotatable bonds is 9. The molecule has 0 saturated heterocycles. The van der Waals surface area contributed by atoms with Crippen molar-refractivity contribution in [2.24, 2.45) is 0 Å². The zero-order valence-electron chi connectivity index (χ0n) is 15.0. The van der Waals surface area contributed by atoms with Gasteiger partial charge in [-0.05, 0) is 37.1 Å². The Morgan fingerprint density at radius 1 is 1.15 bits per heavy atom. The minimum absolute atomic E-state index is 0.140. The molecule has 1 aromatic heterocycles. The third-order valence-electron chi connectivity index (χ3n) is 3.75. The number of carbonyl (C=O) groups is 1. The molecule has 5 nitrogen and oxygen atoms in total. The molecule has 1 aromatic carbocycles. The van der Waals surface area contributed by atoms with Gasteiger partial charge in [0.25, 0.3) is 0 Å². The van der Waals surface area contributed by atoms with E-state index in [4.69, 9.17) is 4.74 Å². The normalized spacial score (nSPS) is 11.1. The van der Waals surface area contributed by atoms with Gasteiger partial charge in [0.2, 0.25) is 5.91 Å². The average Bonchev–Trinajstić information content (AvgIpc) is 2.64. The first-order valence-corrected chi connectivity index (χ1v) is 8.65. The van der Waals surface area contributed by atoms with E-state index in [2.05, 4.69) is 15.6 Å². The molecule has 0 fully saturated rings. The number of carbonyl (C=O) groups excluding carboxylic acids is 1. The number of aryl methyl sites for hydroxylation is 1. The minimum Gasteiger partial charge on any atom is -0.494 e. The Kier molecular flexibility index (Phi) is 7.45. The van der Waals surface area contributed by atoms with Crippen molar-refractivity contribution < 1.29 is 22.7 Å². The summed E-state index contributed by atoms with van der Waals surface area (Å²) in [5.41, 5.74) is 0.111. The lowest BCUT2D eigenvalue weighted by atomic mass is 10.1. The van der Waals surface area contributed by atoms with E-state index in [-0.39, 0.29) is 31.2 Å². The maximum atomic E-state index is 12.9. The standard InChI is InChI=1S/C19H22F3N3O2/c1-2-27-16-8-4-3-6-14(16)9-10-17(26)23-12-13-25-18-15(19(20,21)22)7-5-11-24-18/h3-8,11H,2,9-10,12-13H2,1H3,(H,23,26)(H,24,25). The Morgan fingerprint density at radius 2 is 1.93 bits per heavy atom. The maximum absolute atomic E-state index is 12.9. The van der Waals surface area contributed by atoms with E-state index in [9.17, 15) is 18.0 Å². The highest BCUT2D eigenvalue weighted by molar-refractivity contribution is 5.76. The lowest BCUT2D eigenvalue weighted by Gasteiger charge is -2.13. The van der Waals surface area contributed by atoms with Crippen LogP contribution >= 0.6 is 0 Å². The molecule has 146 valence electrons. The van der Waals surface area contributed by atoms with Crippen molar-refractivity contribution in [3.8, 4) is 5.75 Å². The van der Waals surface area contributed by atoms with Crippen LogP contribution in [0.4, 0.5) is 19.0 Å². The molecular formula is C19H22F3N3O2. The zero-order chi connectivity index (χ0) is 19.7. The number of hydrogen-bond acceptors (Lipinski definition) is 4. The Morgan fingerprint density at radius 3 is 2.67 bits per heavy atom. The number of nitrogens with zero attached hydrogens (tertiary/aromatic N) is 1. The predicted molar refractivity (Wildman–Crippen MR) is 96.7 cm³/mol. The lowest BCUT2D eigenvalue weighted by molar-refractivity contribution is -0.137. The Balaban J connectivity index is 1.76. The molecule has 0 saturated carbocycles. The quantitative estimate of drug-likeness (QED) is 0.651. The molecule has 0 bridgehead atoms. The molecule has 1 amide bonds. The van der Waals surface area contributed by atoms with Gasteiger partial charge in [-0.2, -0.15) is 13.2 Å². The summed E-state index contributed by atoms with van der Waals surface area (Å²) in [6, 6.07) is 9.70.